The molecule has 0 bridgehead atoms. The van der Waals surface area contributed by atoms with E-state index >= 15 is 0 Å². The maximum atomic E-state index is 12.2. The summed E-state index contributed by atoms with van der Waals surface area (Å²) in [5, 5.41) is 4.45. The van der Waals surface area contributed by atoms with E-state index in [1.165, 1.54) is 16.9 Å². The van der Waals surface area contributed by atoms with Gasteiger partial charge >= 0.3 is 5.97 Å². The molecule has 0 amide bonds. The minimum absolute atomic E-state index is 0.331. The number of esters is 1. The molecule has 0 saturated heterocycles. The quantitative estimate of drug-likeness (QED) is 0.675. The third-order valence-electron chi connectivity index (χ3n) is 4.77. The van der Waals surface area contributed by atoms with Crippen LogP contribution in [0, 0.1) is 5.92 Å². The number of benzene rings is 1. The molecule has 26 heavy (non-hydrogen) atoms. The van der Waals surface area contributed by atoms with Crippen molar-refractivity contribution in [3.05, 3.63) is 46.6 Å². The highest BCUT2D eigenvalue weighted by Gasteiger charge is 2.23. The SMILES string of the molecule is CCOC(=O)c1ccccc1Nc1ncnc2sc3c(c12)CCC(C)C3. The highest BCUT2D eigenvalue weighted by atomic mass is 32.1. The number of para-hydroxylation sites is 1. The molecule has 0 fully saturated rings. The number of nitrogens with one attached hydrogen (secondary N) is 1. The smallest absolute Gasteiger partial charge is 0.340 e. The first-order valence-electron chi connectivity index (χ1n) is 8.95. The number of aromatic nitrogens is 2. The molecule has 134 valence electrons. The molecule has 5 nitrogen and oxygen atoms in total. The summed E-state index contributed by atoms with van der Waals surface area (Å²) in [4.78, 5) is 23.6. The van der Waals surface area contributed by atoms with Crippen molar-refractivity contribution in [1.82, 2.24) is 9.97 Å². The summed E-state index contributed by atoms with van der Waals surface area (Å²) in [5.74, 6) is 1.14. The van der Waals surface area contributed by atoms with E-state index < -0.39 is 0 Å². The van der Waals surface area contributed by atoms with E-state index in [0.29, 0.717) is 23.8 Å². The van der Waals surface area contributed by atoms with Crippen LogP contribution in [0.5, 0.6) is 0 Å². The lowest BCUT2D eigenvalue weighted by Crippen LogP contribution is -2.10. The van der Waals surface area contributed by atoms with Gasteiger partial charge in [-0.2, -0.15) is 0 Å². The fourth-order valence-electron chi connectivity index (χ4n) is 3.48. The molecule has 1 atom stereocenters. The van der Waals surface area contributed by atoms with E-state index in [2.05, 4.69) is 22.2 Å². The van der Waals surface area contributed by atoms with Crippen molar-refractivity contribution < 1.29 is 9.53 Å². The Kier molecular flexibility index (Phi) is 4.59. The second-order valence-electron chi connectivity index (χ2n) is 6.65. The number of thiophene rings is 1. The van der Waals surface area contributed by atoms with Gasteiger partial charge in [0.25, 0.3) is 0 Å². The third kappa shape index (κ3) is 3.05. The number of aryl methyl sites for hydroxylation is 1. The van der Waals surface area contributed by atoms with Crippen LogP contribution in [0.3, 0.4) is 0 Å². The van der Waals surface area contributed by atoms with Crippen molar-refractivity contribution >= 4 is 39.0 Å². The zero-order valence-electron chi connectivity index (χ0n) is 14.9. The van der Waals surface area contributed by atoms with Crippen LogP contribution in [0.1, 0.15) is 41.1 Å². The van der Waals surface area contributed by atoms with Crippen molar-refractivity contribution in [3.8, 4) is 0 Å². The Morgan fingerprint density at radius 3 is 3.04 bits per heavy atom. The van der Waals surface area contributed by atoms with Gasteiger partial charge in [-0.1, -0.05) is 19.1 Å². The molecule has 1 aliphatic rings. The van der Waals surface area contributed by atoms with Gasteiger partial charge in [0.1, 0.15) is 17.0 Å². The molecule has 1 aliphatic carbocycles. The van der Waals surface area contributed by atoms with Gasteiger partial charge in [0.15, 0.2) is 0 Å². The number of carbonyl (C=O) groups excluding carboxylic acids is 1. The molecule has 1 aromatic carbocycles. The minimum Gasteiger partial charge on any atom is -0.462 e. The van der Waals surface area contributed by atoms with Crippen LogP contribution >= 0.6 is 11.3 Å². The van der Waals surface area contributed by atoms with E-state index in [1.54, 1.807) is 30.7 Å². The summed E-state index contributed by atoms with van der Waals surface area (Å²) in [6.07, 6.45) is 4.93. The standard InChI is InChI=1S/C20H21N3O2S/c1-3-25-20(24)13-6-4-5-7-15(13)23-18-17-14-9-8-12(2)10-16(14)26-19(17)22-11-21-18/h4-7,11-12H,3,8-10H2,1-2H3,(H,21,22,23). The Labute approximate surface area is 156 Å². The number of nitrogens with zero attached hydrogens (tertiary/aromatic N) is 2. The van der Waals surface area contributed by atoms with Crippen LogP contribution in [-0.4, -0.2) is 22.5 Å². The fraction of sp³-hybridized carbons (Fsp3) is 0.350. The first-order chi connectivity index (χ1) is 12.7. The monoisotopic (exact) mass is 367 g/mol. The summed E-state index contributed by atoms with van der Waals surface area (Å²) in [5.41, 5.74) is 2.58. The molecular formula is C20H21N3O2S. The number of carbonyl (C=O) groups is 1. The minimum atomic E-state index is -0.331. The number of fused-ring (bicyclic) bond motifs is 3. The van der Waals surface area contributed by atoms with Crippen molar-refractivity contribution in [2.75, 3.05) is 11.9 Å². The van der Waals surface area contributed by atoms with Gasteiger partial charge in [-0.25, -0.2) is 14.8 Å². The number of rotatable bonds is 4. The van der Waals surface area contributed by atoms with E-state index in [4.69, 9.17) is 4.74 Å². The molecular weight excluding hydrogens is 346 g/mol. The Morgan fingerprint density at radius 2 is 2.19 bits per heavy atom. The summed E-state index contributed by atoms with van der Waals surface area (Å²) in [7, 11) is 0. The molecule has 0 aliphatic heterocycles. The molecule has 6 heteroatoms. The van der Waals surface area contributed by atoms with Crippen LogP contribution in [0.4, 0.5) is 11.5 Å². The molecule has 0 radical (unpaired) electrons. The molecule has 1 unspecified atom stereocenters. The van der Waals surface area contributed by atoms with Gasteiger partial charge in [0, 0.05) is 4.88 Å². The van der Waals surface area contributed by atoms with Gasteiger partial charge in [0.05, 0.1) is 23.2 Å². The van der Waals surface area contributed by atoms with Crippen molar-refractivity contribution in [3.63, 3.8) is 0 Å². The predicted molar refractivity (Wildman–Crippen MR) is 104 cm³/mol. The second kappa shape index (κ2) is 7.03. The van der Waals surface area contributed by atoms with Crippen LogP contribution in [0.15, 0.2) is 30.6 Å². The van der Waals surface area contributed by atoms with E-state index in [1.807, 2.05) is 18.2 Å². The Balaban J connectivity index is 1.76. The molecule has 0 spiro atoms. The van der Waals surface area contributed by atoms with Gasteiger partial charge in [-0.3, -0.25) is 0 Å². The summed E-state index contributed by atoms with van der Waals surface area (Å²) in [6.45, 7) is 4.45. The lowest BCUT2D eigenvalue weighted by Gasteiger charge is -2.18. The lowest BCUT2D eigenvalue weighted by atomic mass is 9.89. The van der Waals surface area contributed by atoms with Gasteiger partial charge in [-0.05, 0) is 49.8 Å². The van der Waals surface area contributed by atoms with Crippen molar-refractivity contribution in [2.45, 2.75) is 33.1 Å². The van der Waals surface area contributed by atoms with E-state index in [-0.39, 0.29) is 5.97 Å². The molecule has 1 N–H and O–H groups in total. The summed E-state index contributed by atoms with van der Waals surface area (Å²) >= 11 is 1.76. The normalized spacial score (nSPS) is 16.3. The van der Waals surface area contributed by atoms with Crippen LogP contribution < -0.4 is 5.32 Å². The molecule has 2 heterocycles. The fourth-order valence-corrected chi connectivity index (χ4v) is 4.83. The zero-order valence-corrected chi connectivity index (χ0v) is 15.7. The van der Waals surface area contributed by atoms with E-state index in [9.17, 15) is 4.79 Å². The average Bonchev–Trinajstić information content (AvgIpc) is 3.00. The highest BCUT2D eigenvalue weighted by molar-refractivity contribution is 7.19. The summed E-state index contributed by atoms with van der Waals surface area (Å²) in [6, 6.07) is 7.37. The molecule has 3 aromatic rings. The molecule has 0 saturated carbocycles. The number of ether oxygens (including phenoxy) is 1. The number of hydrogen-bond acceptors (Lipinski definition) is 6. The molecule has 2 aromatic heterocycles. The third-order valence-corrected chi connectivity index (χ3v) is 5.93. The Bertz CT molecular complexity index is 967. The maximum absolute atomic E-state index is 12.2. The number of hydrogen-bond donors (Lipinski definition) is 1. The Hall–Kier alpha value is -2.47. The van der Waals surface area contributed by atoms with Gasteiger partial charge in [0.2, 0.25) is 0 Å². The van der Waals surface area contributed by atoms with Gasteiger partial charge < -0.3 is 10.1 Å². The first kappa shape index (κ1) is 17.0. The van der Waals surface area contributed by atoms with Gasteiger partial charge in [-0.15, -0.1) is 11.3 Å². The van der Waals surface area contributed by atoms with Crippen molar-refractivity contribution in [2.24, 2.45) is 5.92 Å². The van der Waals surface area contributed by atoms with Crippen LogP contribution in [-0.2, 0) is 17.6 Å². The van der Waals surface area contributed by atoms with Crippen LogP contribution in [0.2, 0.25) is 0 Å². The predicted octanol–water partition coefficient (Wildman–Crippen LogP) is 4.74. The largest absolute Gasteiger partial charge is 0.462 e. The molecule has 4 rings (SSSR count). The maximum Gasteiger partial charge on any atom is 0.340 e. The second-order valence-corrected chi connectivity index (χ2v) is 7.73. The summed E-state index contributed by atoms with van der Waals surface area (Å²) < 4.78 is 5.17. The highest BCUT2D eigenvalue weighted by Crippen LogP contribution is 2.40. The van der Waals surface area contributed by atoms with Crippen LogP contribution in [0.25, 0.3) is 10.2 Å². The Morgan fingerprint density at radius 1 is 1.35 bits per heavy atom. The van der Waals surface area contributed by atoms with E-state index in [0.717, 1.165) is 28.9 Å². The van der Waals surface area contributed by atoms with Crippen molar-refractivity contribution in [1.29, 1.82) is 0 Å². The topological polar surface area (TPSA) is 64.1 Å². The number of anilines is 2. The first-order valence-corrected chi connectivity index (χ1v) is 9.77. The zero-order chi connectivity index (χ0) is 18.1. The average molecular weight is 367 g/mol. The lowest BCUT2D eigenvalue weighted by molar-refractivity contribution is 0.0527.